The summed E-state index contributed by atoms with van der Waals surface area (Å²) in [6.45, 7) is 1.61. The van der Waals surface area contributed by atoms with E-state index in [1.807, 2.05) is 6.07 Å². The molecule has 1 heterocycles. The summed E-state index contributed by atoms with van der Waals surface area (Å²) < 4.78 is 4.52. The van der Waals surface area contributed by atoms with Gasteiger partial charge in [-0.25, -0.2) is 0 Å². The zero-order valence-electron chi connectivity index (χ0n) is 8.10. The minimum atomic E-state index is -0.429. The van der Waals surface area contributed by atoms with Gasteiger partial charge in [0.1, 0.15) is 5.56 Å². The minimum absolute atomic E-state index is 0.126. The topological polar surface area (TPSA) is 63.3 Å². The second kappa shape index (κ2) is 3.57. The molecule has 0 aliphatic heterocycles. The first kappa shape index (κ1) is 9.45. The van der Waals surface area contributed by atoms with Gasteiger partial charge in [-0.15, -0.1) is 0 Å². The van der Waals surface area contributed by atoms with Crippen LogP contribution < -0.4 is 0 Å². The van der Waals surface area contributed by atoms with Gasteiger partial charge in [-0.2, -0.15) is 0 Å². The van der Waals surface area contributed by atoms with Crippen molar-refractivity contribution in [3.63, 3.8) is 0 Å². The fourth-order valence-electron chi connectivity index (χ4n) is 1.35. The summed E-state index contributed by atoms with van der Waals surface area (Å²) in [6, 6.07) is 8.68. The van der Waals surface area contributed by atoms with Crippen LogP contribution in [0.5, 0.6) is 5.95 Å². The monoisotopic (exact) mass is 203 g/mol. The number of aryl methyl sites for hydroxylation is 1. The molecule has 0 unspecified atom stereocenters. The predicted molar refractivity (Wildman–Crippen MR) is 52.8 cm³/mol. The third kappa shape index (κ3) is 1.61. The molecule has 0 spiro atoms. The lowest BCUT2D eigenvalue weighted by Crippen LogP contribution is -2.01. The molecule has 0 fully saturated rings. The molecule has 0 amide bonds. The first-order valence-corrected chi connectivity index (χ1v) is 4.45. The molecule has 0 aliphatic carbocycles. The van der Waals surface area contributed by atoms with Gasteiger partial charge in [0.15, 0.2) is 0 Å². The van der Waals surface area contributed by atoms with E-state index in [4.69, 9.17) is 0 Å². The Morgan fingerprint density at radius 1 is 1.33 bits per heavy atom. The Morgan fingerprint density at radius 2 is 2.00 bits per heavy atom. The molecule has 0 saturated carbocycles. The number of rotatable bonds is 2. The minimum Gasteiger partial charge on any atom is -0.479 e. The molecule has 4 nitrogen and oxygen atoms in total. The van der Waals surface area contributed by atoms with Crippen LogP contribution >= 0.6 is 0 Å². The summed E-state index contributed by atoms with van der Waals surface area (Å²) in [5, 5.41) is 12.8. The summed E-state index contributed by atoms with van der Waals surface area (Å²) in [6.07, 6.45) is 0. The van der Waals surface area contributed by atoms with Crippen molar-refractivity contribution in [2.75, 3.05) is 0 Å². The number of ketones is 1. The second-order valence-corrected chi connectivity index (χ2v) is 3.14. The highest BCUT2D eigenvalue weighted by molar-refractivity contribution is 6.10. The van der Waals surface area contributed by atoms with Crippen LogP contribution in [0.15, 0.2) is 34.9 Å². The van der Waals surface area contributed by atoms with Crippen molar-refractivity contribution in [3.8, 4) is 5.95 Å². The summed E-state index contributed by atoms with van der Waals surface area (Å²) in [4.78, 5) is 11.9. The smallest absolute Gasteiger partial charge is 0.320 e. The van der Waals surface area contributed by atoms with Crippen LogP contribution in [0.25, 0.3) is 0 Å². The fraction of sp³-hybridized carbons (Fsp3) is 0.0909. The lowest BCUT2D eigenvalue weighted by molar-refractivity contribution is 0.103. The van der Waals surface area contributed by atoms with E-state index in [9.17, 15) is 9.90 Å². The molecule has 1 aromatic carbocycles. The molecule has 0 radical (unpaired) electrons. The Balaban J connectivity index is 2.46. The van der Waals surface area contributed by atoms with Gasteiger partial charge >= 0.3 is 5.95 Å². The highest BCUT2D eigenvalue weighted by Gasteiger charge is 2.20. The average Bonchev–Trinajstić information content (AvgIpc) is 2.59. The molecule has 76 valence electrons. The van der Waals surface area contributed by atoms with E-state index in [1.54, 1.807) is 31.2 Å². The van der Waals surface area contributed by atoms with Crippen molar-refractivity contribution in [2.45, 2.75) is 6.92 Å². The Morgan fingerprint density at radius 3 is 2.53 bits per heavy atom. The van der Waals surface area contributed by atoms with Crippen molar-refractivity contribution in [3.05, 3.63) is 47.2 Å². The van der Waals surface area contributed by atoms with Crippen LogP contribution in [0.4, 0.5) is 0 Å². The number of benzene rings is 1. The van der Waals surface area contributed by atoms with Gasteiger partial charge in [-0.3, -0.25) is 4.79 Å². The van der Waals surface area contributed by atoms with E-state index < -0.39 is 5.95 Å². The molecular formula is C11H9NO3. The molecule has 1 N–H and O–H groups in total. The highest BCUT2D eigenvalue weighted by Crippen LogP contribution is 2.23. The van der Waals surface area contributed by atoms with Gasteiger partial charge in [0.25, 0.3) is 0 Å². The van der Waals surface area contributed by atoms with Crippen LogP contribution in [0.1, 0.15) is 21.6 Å². The largest absolute Gasteiger partial charge is 0.479 e. The van der Waals surface area contributed by atoms with Gasteiger partial charge < -0.3 is 9.63 Å². The van der Waals surface area contributed by atoms with Gasteiger partial charge in [0, 0.05) is 5.56 Å². The number of hydrogen-bond acceptors (Lipinski definition) is 4. The van der Waals surface area contributed by atoms with Crippen molar-refractivity contribution >= 4 is 5.78 Å². The van der Waals surface area contributed by atoms with Crippen molar-refractivity contribution in [1.82, 2.24) is 5.16 Å². The lowest BCUT2D eigenvalue weighted by atomic mass is 10.0. The van der Waals surface area contributed by atoms with E-state index in [-0.39, 0.29) is 11.3 Å². The van der Waals surface area contributed by atoms with Gasteiger partial charge in [-0.1, -0.05) is 35.5 Å². The predicted octanol–water partition coefficient (Wildman–Crippen LogP) is 1.92. The zero-order chi connectivity index (χ0) is 10.8. The lowest BCUT2D eigenvalue weighted by Gasteiger charge is -1.97. The summed E-state index contributed by atoms with van der Waals surface area (Å²) in [5.41, 5.74) is 1.02. The van der Waals surface area contributed by atoms with Gasteiger partial charge in [0.05, 0.1) is 5.69 Å². The molecule has 0 atom stereocenters. The number of carbonyl (C=O) groups excluding carboxylic acids is 1. The number of aromatic nitrogens is 1. The summed E-state index contributed by atoms with van der Waals surface area (Å²) >= 11 is 0. The zero-order valence-corrected chi connectivity index (χ0v) is 8.10. The van der Waals surface area contributed by atoms with Crippen LogP contribution in [-0.2, 0) is 0 Å². The molecule has 15 heavy (non-hydrogen) atoms. The Bertz CT molecular complexity index is 468. The third-order valence-electron chi connectivity index (χ3n) is 2.11. The highest BCUT2D eigenvalue weighted by atomic mass is 16.5. The van der Waals surface area contributed by atoms with E-state index in [0.29, 0.717) is 11.3 Å². The standard InChI is InChI=1S/C11H9NO3/c1-7-9(11(14)15-12-7)10(13)8-5-3-2-4-6-8/h2-6,14H,1H3. The van der Waals surface area contributed by atoms with E-state index in [2.05, 4.69) is 9.68 Å². The van der Waals surface area contributed by atoms with E-state index in [0.717, 1.165) is 0 Å². The number of hydrogen-bond donors (Lipinski definition) is 1. The summed E-state index contributed by atoms with van der Waals surface area (Å²) in [7, 11) is 0. The molecule has 4 heteroatoms. The first-order valence-electron chi connectivity index (χ1n) is 4.45. The van der Waals surface area contributed by atoms with Crippen molar-refractivity contribution in [1.29, 1.82) is 0 Å². The number of carbonyl (C=O) groups is 1. The SMILES string of the molecule is Cc1noc(O)c1C(=O)c1ccccc1. The quantitative estimate of drug-likeness (QED) is 0.757. The van der Waals surface area contributed by atoms with E-state index >= 15 is 0 Å². The Hall–Kier alpha value is -2.10. The fourth-order valence-corrected chi connectivity index (χ4v) is 1.35. The number of nitrogens with zero attached hydrogens (tertiary/aromatic N) is 1. The van der Waals surface area contributed by atoms with Crippen LogP contribution in [0.2, 0.25) is 0 Å². The maximum atomic E-state index is 11.9. The number of aromatic hydroxyl groups is 1. The second-order valence-electron chi connectivity index (χ2n) is 3.14. The molecular weight excluding hydrogens is 194 g/mol. The van der Waals surface area contributed by atoms with Crippen molar-refractivity contribution < 1.29 is 14.4 Å². The van der Waals surface area contributed by atoms with Crippen LogP contribution in [0.3, 0.4) is 0 Å². The molecule has 0 bridgehead atoms. The Labute approximate surface area is 86.1 Å². The molecule has 2 rings (SSSR count). The average molecular weight is 203 g/mol. The Kier molecular flexibility index (Phi) is 2.25. The first-order chi connectivity index (χ1) is 7.20. The van der Waals surface area contributed by atoms with Crippen LogP contribution in [0, 0.1) is 6.92 Å². The van der Waals surface area contributed by atoms with Crippen molar-refractivity contribution in [2.24, 2.45) is 0 Å². The molecule has 2 aromatic rings. The third-order valence-corrected chi connectivity index (χ3v) is 2.11. The van der Waals surface area contributed by atoms with E-state index in [1.165, 1.54) is 0 Å². The normalized spacial score (nSPS) is 10.2. The molecule has 1 aromatic heterocycles. The summed E-state index contributed by atoms with van der Waals surface area (Å²) in [5.74, 6) is -0.715. The molecule has 0 aliphatic rings. The van der Waals surface area contributed by atoms with Crippen LogP contribution in [-0.4, -0.2) is 16.0 Å². The maximum absolute atomic E-state index is 11.9. The van der Waals surface area contributed by atoms with Gasteiger partial charge in [0.2, 0.25) is 5.78 Å². The molecule has 0 saturated heterocycles. The maximum Gasteiger partial charge on any atom is 0.320 e. The van der Waals surface area contributed by atoms with Gasteiger partial charge in [-0.05, 0) is 6.92 Å².